The zero-order valence-corrected chi connectivity index (χ0v) is 17.2. The number of aryl methyl sites for hydroxylation is 1. The number of aromatic nitrogens is 2. The summed E-state index contributed by atoms with van der Waals surface area (Å²) >= 11 is 0. The molecule has 0 spiro atoms. The average Bonchev–Trinajstić information content (AvgIpc) is 2.59. The van der Waals surface area contributed by atoms with Gasteiger partial charge in [0.1, 0.15) is 5.82 Å². The zero-order valence-electron chi connectivity index (χ0n) is 17.2. The van der Waals surface area contributed by atoms with Crippen molar-refractivity contribution in [3.8, 4) is 5.88 Å². The van der Waals surface area contributed by atoms with Gasteiger partial charge in [0.2, 0.25) is 5.88 Å². The van der Waals surface area contributed by atoms with E-state index in [2.05, 4.69) is 16.5 Å². The summed E-state index contributed by atoms with van der Waals surface area (Å²) in [5.74, 6) is -1.67. The van der Waals surface area contributed by atoms with Crippen molar-refractivity contribution >= 4 is 11.9 Å². The molecule has 0 aliphatic carbocycles. The number of nitrogens with one attached hydrogen (secondary N) is 1. The van der Waals surface area contributed by atoms with Crippen LogP contribution >= 0.6 is 0 Å². The van der Waals surface area contributed by atoms with Crippen LogP contribution in [0.15, 0.2) is 29.1 Å². The number of nitrogens with zero attached hydrogens (tertiary/aromatic N) is 1. The van der Waals surface area contributed by atoms with Crippen LogP contribution in [0.5, 0.6) is 5.88 Å². The highest BCUT2D eigenvalue weighted by molar-refractivity contribution is 5.95. The molecule has 0 unspecified atom stereocenters. The van der Waals surface area contributed by atoms with E-state index >= 15 is 0 Å². The van der Waals surface area contributed by atoms with E-state index in [-0.39, 0.29) is 30.2 Å². The molecule has 1 aromatic heterocycles. The number of H-pyrrole nitrogens is 1. The van der Waals surface area contributed by atoms with E-state index in [1.54, 1.807) is 39.8 Å². The lowest BCUT2D eigenvalue weighted by Crippen LogP contribution is -2.27. The Morgan fingerprint density at radius 2 is 1.79 bits per heavy atom. The summed E-state index contributed by atoms with van der Waals surface area (Å²) in [6.07, 6.45) is 4.21. The maximum atomic E-state index is 11.4. The van der Waals surface area contributed by atoms with Crippen LogP contribution in [0.2, 0.25) is 0 Å². The minimum Gasteiger partial charge on any atom is -0.493 e. The SMILES string of the molecule is C/C=C/CC(C(=O)OCC)C(=O)OCC.C=C(C)Cc1c(O)nc(C)[nH]c1=O. The van der Waals surface area contributed by atoms with E-state index in [1.807, 2.05) is 6.92 Å². The van der Waals surface area contributed by atoms with Gasteiger partial charge in [0.25, 0.3) is 5.56 Å². The van der Waals surface area contributed by atoms with Crippen molar-refractivity contribution in [2.24, 2.45) is 5.92 Å². The van der Waals surface area contributed by atoms with E-state index < -0.39 is 17.9 Å². The second kappa shape index (κ2) is 13.3. The number of carbonyl (C=O) groups is 2. The number of carbonyl (C=O) groups excluding carboxylic acids is 2. The molecule has 156 valence electrons. The van der Waals surface area contributed by atoms with Gasteiger partial charge in [0, 0.05) is 6.42 Å². The van der Waals surface area contributed by atoms with Gasteiger partial charge in [-0.1, -0.05) is 24.3 Å². The molecule has 28 heavy (non-hydrogen) atoms. The van der Waals surface area contributed by atoms with E-state index in [1.165, 1.54) is 0 Å². The minimum atomic E-state index is -0.832. The van der Waals surface area contributed by atoms with Crippen LogP contribution in [-0.2, 0) is 25.5 Å². The Kier molecular flexibility index (Phi) is 11.9. The molecule has 8 heteroatoms. The molecule has 0 amide bonds. The molecule has 1 heterocycles. The van der Waals surface area contributed by atoms with Gasteiger partial charge in [-0.2, -0.15) is 0 Å². The monoisotopic (exact) mass is 394 g/mol. The third kappa shape index (κ3) is 9.16. The molecule has 0 aromatic carbocycles. The van der Waals surface area contributed by atoms with Gasteiger partial charge >= 0.3 is 11.9 Å². The lowest BCUT2D eigenvalue weighted by Gasteiger charge is -2.12. The van der Waals surface area contributed by atoms with E-state index in [0.29, 0.717) is 18.7 Å². The Morgan fingerprint density at radius 1 is 1.25 bits per heavy atom. The van der Waals surface area contributed by atoms with Gasteiger partial charge in [-0.3, -0.25) is 14.4 Å². The molecule has 1 rings (SSSR count). The molecule has 0 aliphatic heterocycles. The molecule has 8 nitrogen and oxygen atoms in total. The summed E-state index contributed by atoms with van der Waals surface area (Å²) < 4.78 is 9.59. The molecule has 0 saturated carbocycles. The lowest BCUT2D eigenvalue weighted by molar-refractivity contribution is -0.161. The Hall–Kier alpha value is -2.90. The van der Waals surface area contributed by atoms with Crippen molar-refractivity contribution in [1.29, 1.82) is 0 Å². The summed E-state index contributed by atoms with van der Waals surface area (Å²) in [7, 11) is 0. The molecule has 1 aromatic rings. The Bertz CT molecular complexity index is 734. The molecular weight excluding hydrogens is 364 g/mol. The van der Waals surface area contributed by atoms with Gasteiger partial charge in [-0.15, -0.1) is 0 Å². The molecule has 0 radical (unpaired) electrons. The smallest absolute Gasteiger partial charge is 0.320 e. The predicted molar refractivity (Wildman–Crippen MR) is 106 cm³/mol. The van der Waals surface area contributed by atoms with Crippen LogP contribution in [0.1, 0.15) is 45.5 Å². The van der Waals surface area contributed by atoms with Crippen molar-refractivity contribution < 1.29 is 24.2 Å². The third-order valence-electron chi connectivity index (χ3n) is 3.34. The first-order valence-electron chi connectivity index (χ1n) is 9.05. The summed E-state index contributed by atoms with van der Waals surface area (Å²) in [6.45, 7) is 12.8. The number of allylic oxidation sites excluding steroid dienone is 3. The van der Waals surface area contributed by atoms with Crippen LogP contribution in [0.4, 0.5) is 0 Å². The highest BCUT2D eigenvalue weighted by atomic mass is 16.6. The van der Waals surface area contributed by atoms with Crippen molar-refractivity contribution in [2.75, 3.05) is 13.2 Å². The van der Waals surface area contributed by atoms with Crippen molar-refractivity contribution in [1.82, 2.24) is 9.97 Å². The largest absolute Gasteiger partial charge is 0.493 e. The fourth-order valence-corrected chi connectivity index (χ4v) is 2.10. The summed E-state index contributed by atoms with van der Waals surface area (Å²) in [5, 5.41) is 9.35. The Morgan fingerprint density at radius 3 is 2.18 bits per heavy atom. The van der Waals surface area contributed by atoms with Crippen molar-refractivity contribution in [3.05, 3.63) is 46.0 Å². The topological polar surface area (TPSA) is 119 Å². The predicted octanol–water partition coefficient (Wildman–Crippen LogP) is 2.60. The van der Waals surface area contributed by atoms with Crippen LogP contribution < -0.4 is 5.56 Å². The summed E-state index contributed by atoms with van der Waals surface area (Å²) in [4.78, 5) is 40.4. The summed E-state index contributed by atoms with van der Waals surface area (Å²) in [5.41, 5.74) is 0.789. The molecular formula is C20H30N2O6. The first-order chi connectivity index (χ1) is 13.2. The maximum Gasteiger partial charge on any atom is 0.320 e. The van der Waals surface area contributed by atoms with Crippen molar-refractivity contribution in [2.45, 2.75) is 47.5 Å². The second-order valence-corrected chi connectivity index (χ2v) is 5.95. The number of hydrogen-bond acceptors (Lipinski definition) is 7. The number of aromatic hydroxyl groups is 1. The highest BCUT2D eigenvalue weighted by Crippen LogP contribution is 2.11. The molecule has 2 N–H and O–H groups in total. The Labute approximate surface area is 165 Å². The van der Waals surface area contributed by atoms with E-state index in [0.717, 1.165) is 5.57 Å². The Balaban J connectivity index is 0.000000525. The third-order valence-corrected chi connectivity index (χ3v) is 3.34. The molecule has 0 aliphatic rings. The minimum absolute atomic E-state index is 0.204. The molecule has 0 atom stereocenters. The van der Waals surface area contributed by atoms with E-state index in [4.69, 9.17) is 9.47 Å². The van der Waals surface area contributed by atoms with Crippen LogP contribution in [0, 0.1) is 12.8 Å². The fourth-order valence-electron chi connectivity index (χ4n) is 2.10. The number of ether oxygens (including phenoxy) is 2. The van der Waals surface area contributed by atoms with Gasteiger partial charge in [-0.05, 0) is 41.0 Å². The number of esters is 2. The molecule has 0 fully saturated rings. The summed E-state index contributed by atoms with van der Waals surface area (Å²) in [6, 6.07) is 0. The second-order valence-electron chi connectivity index (χ2n) is 5.95. The quantitative estimate of drug-likeness (QED) is 0.395. The number of rotatable bonds is 8. The van der Waals surface area contributed by atoms with Gasteiger partial charge in [0.05, 0.1) is 18.8 Å². The van der Waals surface area contributed by atoms with Crippen LogP contribution in [0.3, 0.4) is 0 Å². The highest BCUT2D eigenvalue weighted by Gasteiger charge is 2.27. The number of hydrogen-bond donors (Lipinski definition) is 2. The first-order valence-corrected chi connectivity index (χ1v) is 9.05. The normalized spacial score (nSPS) is 10.4. The number of aromatic amines is 1. The average molecular weight is 394 g/mol. The van der Waals surface area contributed by atoms with Gasteiger partial charge < -0.3 is 19.6 Å². The molecule has 0 bridgehead atoms. The fraction of sp³-hybridized carbons (Fsp3) is 0.500. The van der Waals surface area contributed by atoms with Crippen LogP contribution in [-0.4, -0.2) is 40.2 Å². The van der Waals surface area contributed by atoms with Crippen molar-refractivity contribution in [3.63, 3.8) is 0 Å². The standard InChI is InChI=1S/C11H18O4.C9H12N2O2/c1-4-7-8-9(10(12)14-5-2)11(13)15-6-3;1-5(2)4-7-8(12)10-6(3)11-9(7)13/h4,7,9H,5-6,8H2,1-3H3;1,4H2,2-3H3,(H2,10,11,12,13)/b7-4+;. The van der Waals surface area contributed by atoms with E-state index in [9.17, 15) is 19.5 Å². The molecule has 0 saturated heterocycles. The maximum absolute atomic E-state index is 11.4. The lowest BCUT2D eigenvalue weighted by atomic mass is 10.1. The zero-order chi connectivity index (χ0) is 21.7. The van der Waals surface area contributed by atoms with Gasteiger partial charge in [0.15, 0.2) is 5.92 Å². The van der Waals surface area contributed by atoms with Crippen LogP contribution in [0.25, 0.3) is 0 Å². The first kappa shape index (κ1) is 25.1. The van der Waals surface area contributed by atoms with Gasteiger partial charge in [-0.25, -0.2) is 4.98 Å².